The first-order valence-corrected chi connectivity index (χ1v) is 5.02. The molecule has 0 atom stereocenters. The zero-order valence-electron chi connectivity index (χ0n) is 7.54. The van der Waals surface area contributed by atoms with Gasteiger partial charge in [-0.05, 0) is 24.5 Å². The molecule has 0 bridgehead atoms. The summed E-state index contributed by atoms with van der Waals surface area (Å²) < 4.78 is 12.7. The lowest BCUT2D eigenvalue weighted by molar-refractivity contribution is 0.628. The molecule has 70 valence electrons. The van der Waals surface area contributed by atoms with Gasteiger partial charge < -0.3 is 5.32 Å². The van der Waals surface area contributed by atoms with Crippen molar-refractivity contribution < 1.29 is 4.39 Å². The van der Waals surface area contributed by atoms with Gasteiger partial charge in [-0.25, -0.2) is 4.39 Å². The van der Waals surface area contributed by atoms with Gasteiger partial charge in [-0.15, -0.1) is 0 Å². The Morgan fingerprint density at radius 2 is 2.31 bits per heavy atom. The number of hydrogen-bond acceptors (Lipinski definition) is 2. The molecule has 1 rings (SSSR count). The van der Waals surface area contributed by atoms with Crippen LogP contribution in [0.5, 0.6) is 0 Å². The van der Waals surface area contributed by atoms with Gasteiger partial charge in [-0.2, -0.15) is 0 Å². The molecule has 1 aromatic carbocycles. The van der Waals surface area contributed by atoms with Crippen LogP contribution in [0.3, 0.4) is 0 Å². The van der Waals surface area contributed by atoms with E-state index < -0.39 is 0 Å². The molecule has 0 heterocycles. The predicted octanol–water partition coefficient (Wildman–Crippen LogP) is 2.59. The van der Waals surface area contributed by atoms with Crippen molar-refractivity contribution in [3.8, 4) is 0 Å². The molecule has 1 N–H and O–H groups in total. The van der Waals surface area contributed by atoms with Crippen LogP contribution in [-0.4, -0.2) is 18.5 Å². The van der Waals surface area contributed by atoms with Crippen LogP contribution in [0.15, 0.2) is 29.3 Å². The Morgan fingerprint density at radius 1 is 1.54 bits per heavy atom. The zero-order chi connectivity index (χ0) is 9.68. The molecule has 13 heavy (non-hydrogen) atoms. The monoisotopic (exact) mass is 198 g/mol. The number of anilines is 1. The first-order valence-electron chi connectivity index (χ1n) is 3.79. The Bertz CT molecular complexity index is 312. The molecule has 0 saturated heterocycles. The second-order valence-electron chi connectivity index (χ2n) is 2.37. The first-order chi connectivity index (χ1) is 6.26. The number of benzene rings is 1. The van der Waals surface area contributed by atoms with Crippen LogP contribution in [0.4, 0.5) is 10.1 Å². The highest BCUT2D eigenvalue weighted by atomic mass is 32.2. The Morgan fingerprint density at radius 3 is 2.85 bits per heavy atom. The lowest BCUT2D eigenvalue weighted by Crippen LogP contribution is -2.06. The molecule has 0 aliphatic heterocycles. The molecule has 0 amide bonds. The number of thioether (sulfide) groups is 1. The van der Waals surface area contributed by atoms with Crippen LogP contribution in [0, 0.1) is 5.82 Å². The Balaban J connectivity index is 2.74. The van der Waals surface area contributed by atoms with E-state index in [0.717, 1.165) is 10.9 Å². The highest BCUT2D eigenvalue weighted by Crippen LogP contribution is 2.11. The fourth-order valence-corrected chi connectivity index (χ4v) is 1.29. The molecule has 0 aliphatic carbocycles. The predicted molar refractivity (Wildman–Crippen MR) is 56.9 cm³/mol. The molecule has 1 aromatic rings. The number of hydrogen-bond donors (Lipinski definition) is 1. The van der Waals surface area contributed by atoms with E-state index in [-0.39, 0.29) is 5.82 Å². The molecule has 0 spiro atoms. The fourth-order valence-electron chi connectivity index (χ4n) is 0.888. The summed E-state index contributed by atoms with van der Waals surface area (Å²) in [7, 11) is 1.69. The van der Waals surface area contributed by atoms with Crippen molar-refractivity contribution in [3.63, 3.8) is 0 Å². The summed E-state index contributed by atoms with van der Waals surface area (Å²) >= 11 is 1.49. The van der Waals surface area contributed by atoms with Crippen LogP contribution in [-0.2, 0) is 0 Å². The van der Waals surface area contributed by atoms with E-state index >= 15 is 0 Å². The number of aliphatic imine (C=N–C) groups is 1. The van der Waals surface area contributed by atoms with E-state index in [1.165, 1.54) is 23.9 Å². The van der Waals surface area contributed by atoms with E-state index in [9.17, 15) is 4.39 Å². The largest absolute Gasteiger partial charge is 0.335 e. The first kappa shape index (κ1) is 10.1. The van der Waals surface area contributed by atoms with Crippen LogP contribution in [0.1, 0.15) is 0 Å². The highest BCUT2D eigenvalue weighted by Gasteiger charge is 1.97. The fraction of sp³-hybridized carbons (Fsp3) is 0.222. The summed E-state index contributed by atoms with van der Waals surface area (Å²) in [6.07, 6.45) is 1.91. The Hall–Kier alpha value is -1.03. The van der Waals surface area contributed by atoms with Crippen LogP contribution in [0.25, 0.3) is 0 Å². The molecule has 2 nitrogen and oxygen atoms in total. The normalized spacial score (nSPS) is 11.5. The smallest absolute Gasteiger partial charge is 0.160 e. The SMILES string of the molecule is CN=C(Nc1cccc(F)c1)SC. The van der Waals surface area contributed by atoms with Gasteiger partial charge in [0.05, 0.1) is 0 Å². The number of nitrogens with zero attached hydrogens (tertiary/aromatic N) is 1. The van der Waals surface area contributed by atoms with E-state index in [4.69, 9.17) is 0 Å². The molecular weight excluding hydrogens is 187 g/mol. The maximum atomic E-state index is 12.7. The third-order valence-electron chi connectivity index (χ3n) is 1.47. The Labute approximate surface area is 81.3 Å². The summed E-state index contributed by atoms with van der Waals surface area (Å²) in [6, 6.07) is 6.30. The minimum absolute atomic E-state index is 0.249. The molecule has 4 heteroatoms. The van der Waals surface area contributed by atoms with E-state index in [2.05, 4.69) is 10.3 Å². The molecule has 0 unspecified atom stereocenters. The van der Waals surface area contributed by atoms with Crippen LogP contribution >= 0.6 is 11.8 Å². The van der Waals surface area contributed by atoms with E-state index in [1.807, 2.05) is 6.26 Å². The number of nitrogens with one attached hydrogen (secondary N) is 1. The van der Waals surface area contributed by atoms with Gasteiger partial charge in [0.2, 0.25) is 0 Å². The van der Waals surface area contributed by atoms with Crippen molar-refractivity contribution in [2.75, 3.05) is 18.6 Å². The van der Waals surface area contributed by atoms with Crippen molar-refractivity contribution in [2.45, 2.75) is 0 Å². The number of rotatable bonds is 1. The maximum Gasteiger partial charge on any atom is 0.160 e. The quantitative estimate of drug-likeness (QED) is 0.554. The van der Waals surface area contributed by atoms with Gasteiger partial charge in [0.25, 0.3) is 0 Å². The summed E-state index contributed by atoms with van der Waals surface area (Å²) in [5.41, 5.74) is 0.718. The molecular formula is C9H11FN2S. The number of amidine groups is 1. The second kappa shape index (κ2) is 4.87. The number of halogens is 1. The average Bonchev–Trinajstić information content (AvgIpc) is 2.14. The minimum Gasteiger partial charge on any atom is -0.335 e. The zero-order valence-corrected chi connectivity index (χ0v) is 8.36. The maximum absolute atomic E-state index is 12.7. The average molecular weight is 198 g/mol. The van der Waals surface area contributed by atoms with Gasteiger partial charge in [0.15, 0.2) is 5.17 Å². The molecule has 0 saturated carbocycles. The van der Waals surface area contributed by atoms with Crippen LogP contribution in [0.2, 0.25) is 0 Å². The third-order valence-corrected chi connectivity index (χ3v) is 2.14. The van der Waals surface area contributed by atoms with Gasteiger partial charge in [-0.3, -0.25) is 4.99 Å². The van der Waals surface area contributed by atoms with Crippen LogP contribution < -0.4 is 5.32 Å². The minimum atomic E-state index is -0.249. The lowest BCUT2D eigenvalue weighted by Gasteiger charge is -2.05. The standard InChI is InChI=1S/C9H11FN2S/c1-11-9(13-2)12-8-5-3-4-7(10)6-8/h3-6H,1-2H3,(H,11,12). The van der Waals surface area contributed by atoms with Crippen molar-refractivity contribution >= 4 is 22.6 Å². The third kappa shape index (κ3) is 3.06. The van der Waals surface area contributed by atoms with E-state index in [0.29, 0.717) is 0 Å². The van der Waals surface area contributed by atoms with Crippen molar-refractivity contribution in [2.24, 2.45) is 4.99 Å². The molecule has 0 aliphatic rings. The second-order valence-corrected chi connectivity index (χ2v) is 3.16. The summed E-state index contributed by atoms with van der Waals surface area (Å²) in [5, 5.41) is 3.76. The van der Waals surface area contributed by atoms with Gasteiger partial charge >= 0.3 is 0 Å². The summed E-state index contributed by atoms with van der Waals surface area (Å²) in [6.45, 7) is 0. The molecule has 0 fully saturated rings. The summed E-state index contributed by atoms with van der Waals surface area (Å²) in [4.78, 5) is 3.98. The topological polar surface area (TPSA) is 24.4 Å². The lowest BCUT2D eigenvalue weighted by atomic mass is 10.3. The van der Waals surface area contributed by atoms with Crippen molar-refractivity contribution in [1.82, 2.24) is 0 Å². The Kier molecular flexibility index (Phi) is 3.76. The van der Waals surface area contributed by atoms with Gasteiger partial charge in [0.1, 0.15) is 5.82 Å². The van der Waals surface area contributed by atoms with Crippen molar-refractivity contribution in [1.29, 1.82) is 0 Å². The van der Waals surface area contributed by atoms with E-state index in [1.54, 1.807) is 19.2 Å². The highest BCUT2D eigenvalue weighted by molar-refractivity contribution is 8.13. The molecule has 0 radical (unpaired) electrons. The van der Waals surface area contributed by atoms with Gasteiger partial charge in [-0.1, -0.05) is 17.8 Å². The molecule has 0 aromatic heterocycles. The van der Waals surface area contributed by atoms with Gasteiger partial charge in [0, 0.05) is 12.7 Å². The van der Waals surface area contributed by atoms with Crippen molar-refractivity contribution in [3.05, 3.63) is 30.1 Å². The summed E-state index contributed by atoms with van der Waals surface area (Å²) in [5.74, 6) is -0.249.